The van der Waals surface area contributed by atoms with Crippen LogP contribution in [0, 0.1) is 23.7 Å². The highest BCUT2D eigenvalue weighted by atomic mass is 31.2. The van der Waals surface area contributed by atoms with Gasteiger partial charge >= 0.3 is 39.5 Å². The van der Waals surface area contributed by atoms with Gasteiger partial charge in [0.2, 0.25) is 0 Å². The van der Waals surface area contributed by atoms with Gasteiger partial charge in [-0.3, -0.25) is 37.3 Å². The van der Waals surface area contributed by atoms with Crippen LogP contribution in [-0.4, -0.2) is 96.7 Å². The highest BCUT2D eigenvalue weighted by Crippen LogP contribution is 2.45. The van der Waals surface area contributed by atoms with Gasteiger partial charge in [0.25, 0.3) is 0 Å². The normalized spacial score (nSPS) is 14.6. The number of esters is 4. The number of phosphoric ester groups is 2. The smallest absolute Gasteiger partial charge is 0.462 e. The van der Waals surface area contributed by atoms with Gasteiger partial charge in [-0.1, -0.05) is 287 Å². The lowest BCUT2D eigenvalue weighted by Gasteiger charge is -2.21. The van der Waals surface area contributed by atoms with E-state index >= 15 is 0 Å². The van der Waals surface area contributed by atoms with Crippen molar-refractivity contribution in [2.75, 3.05) is 39.6 Å². The van der Waals surface area contributed by atoms with Crippen LogP contribution in [-0.2, 0) is 65.4 Å². The summed E-state index contributed by atoms with van der Waals surface area (Å²) in [6.07, 6.45) is 40.5. The monoisotopic (exact) mass is 1300 g/mol. The van der Waals surface area contributed by atoms with Crippen molar-refractivity contribution >= 4 is 39.5 Å². The summed E-state index contributed by atoms with van der Waals surface area (Å²) in [5, 5.41) is 10.6. The number of carbonyl (C=O) groups is 4. The predicted octanol–water partition coefficient (Wildman–Crippen LogP) is 19.3. The molecule has 0 aromatic heterocycles. The number of rotatable bonds is 66. The van der Waals surface area contributed by atoms with E-state index in [0.29, 0.717) is 31.6 Å². The van der Waals surface area contributed by atoms with Gasteiger partial charge in [0.05, 0.1) is 26.4 Å². The molecule has 0 aromatic carbocycles. The SMILES string of the molecule is CCC(C)CCCCCCCCC(=O)OC[C@H](COP(=O)(O)OC[C@H](O)COP(=O)(O)OC[C@@H](COC(=O)CCCCCCCCCCCCCCC(C)C)OC(=O)CCCCCCCCCCCCCC(C)C)OC(=O)CCCCCCCCC(C)C. The lowest BCUT2D eigenvalue weighted by Crippen LogP contribution is -2.30. The maximum Gasteiger partial charge on any atom is 0.472 e. The number of carbonyl (C=O) groups excluding carboxylic acids is 4. The van der Waals surface area contributed by atoms with Crippen molar-refractivity contribution in [3.05, 3.63) is 0 Å². The molecule has 0 rings (SSSR count). The Hall–Kier alpha value is -1.94. The fourth-order valence-electron chi connectivity index (χ4n) is 10.3. The molecule has 3 unspecified atom stereocenters. The average Bonchev–Trinajstić information content (AvgIpc) is 3.70. The largest absolute Gasteiger partial charge is 0.472 e. The molecule has 0 bridgehead atoms. The van der Waals surface area contributed by atoms with Gasteiger partial charge in [0, 0.05) is 25.7 Å². The van der Waals surface area contributed by atoms with E-state index in [0.717, 1.165) is 114 Å². The minimum absolute atomic E-state index is 0.101. The Morgan fingerprint density at radius 3 is 0.807 bits per heavy atom. The zero-order valence-electron chi connectivity index (χ0n) is 57.3. The summed E-state index contributed by atoms with van der Waals surface area (Å²) in [5.41, 5.74) is 0. The molecule has 0 aliphatic heterocycles. The van der Waals surface area contributed by atoms with Crippen LogP contribution >= 0.6 is 15.6 Å². The van der Waals surface area contributed by atoms with Gasteiger partial charge in [0.15, 0.2) is 12.2 Å². The van der Waals surface area contributed by atoms with Gasteiger partial charge in [-0.05, 0) is 49.4 Å². The lowest BCUT2D eigenvalue weighted by atomic mass is 10.00. The van der Waals surface area contributed by atoms with Crippen molar-refractivity contribution in [1.29, 1.82) is 0 Å². The van der Waals surface area contributed by atoms with E-state index in [2.05, 4.69) is 55.4 Å². The van der Waals surface area contributed by atoms with Crippen LogP contribution in [0.15, 0.2) is 0 Å². The van der Waals surface area contributed by atoms with E-state index in [1.54, 1.807) is 0 Å². The fraction of sp³-hybridized carbons (Fsp3) is 0.942. The minimum atomic E-state index is -4.95. The summed E-state index contributed by atoms with van der Waals surface area (Å²) in [6, 6.07) is 0. The molecular formula is C69H134O17P2. The van der Waals surface area contributed by atoms with Crippen molar-refractivity contribution < 1.29 is 80.2 Å². The van der Waals surface area contributed by atoms with Crippen LogP contribution < -0.4 is 0 Å². The Morgan fingerprint density at radius 1 is 0.318 bits per heavy atom. The molecule has 0 spiro atoms. The quantitative estimate of drug-likeness (QED) is 0.0222. The summed E-state index contributed by atoms with van der Waals surface area (Å²) in [6.45, 7) is 14.0. The van der Waals surface area contributed by atoms with E-state index in [4.69, 9.17) is 37.0 Å². The molecule has 17 nitrogen and oxygen atoms in total. The third-order valence-corrected chi connectivity index (χ3v) is 18.1. The van der Waals surface area contributed by atoms with E-state index in [1.165, 1.54) is 135 Å². The number of aliphatic hydroxyl groups is 1. The second-order valence-corrected chi connectivity index (χ2v) is 29.5. The molecule has 0 saturated heterocycles. The second-order valence-electron chi connectivity index (χ2n) is 26.6. The first-order valence-electron chi connectivity index (χ1n) is 35.7. The predicted molar refractivity (Wildman–Crippen MR) is 354 cm³/mol. The molecule has 88 heavy (non-hydrogen) atoms. The number of hydrogen-bond donors (Lipinski definition) is 3. The standard InChI is InChI=1S/C69H134O17P2/c1-9-62(8)48-40-32-26-28-34-42-50-67(72)80-56-65(86-69(74)52-44-36-27-25-31-39-47-61(6)7)58-84-88(77,78)82-54-63(70)53-81-87(75,76)83-57-64(85-68(73)51-43-35-24-20-16-12-14-18-22-30-38-46-60(4)5)55-79-66(71)49-41-33-23-19-15-11-10-13-17-21-29-37-45-59(2)3/h59-65,70H,9-58H2,1-8H3,(H,75,76)(H,77,78)/t62?,63-,64-,65-/m1/s1. The molecule has 0 amide bonds. The van der Waals surface area contributed by atoms with Crippen molar-refractivity contribution in [3.63, 3.8) is 0 Å². The molecule has 0 saturated carbocycles. The number of unbranched alkanes of at least 4 members (excludes halogenated alkanes) is 31. The van der Waals surface area contributed by atoms with Crippen LogP contribution in [0.4, 0.5) is 0 Å². The van der Waals surface area contributed by atoms with Gasteiger partial charge in [-0.25, -0.2) is 9.13 Å². The third kappa shape index (κ3) is 61.6. The summed E-state index contributed by atoms with van der Waals surface area (Å²) in [7, 11) is -9.90. The number of hydrogen-bond acceptors (Lipinski definition) is 15. The van der Waals surface area contributed by atoms with Gasteiger partial charge in [0.1, 0.15) is 19.3 Å². The molecule has 6 atom stereocenters. The minimum Gasteiger partial charge on any atom is -0.462 e. The summed E-state index contributed by atoms with van der Waals surface area (Å²) >= 11 is 0. The zero-order valence-corrected chi connectivity index (χ0v) is 59.1. The zero-order chi connectivity index (χ0) is 65.4. The van der Waals surface area contributed by atoms with Crippen molar-refractivity contribution in [1.82, 2.24) is 0 Å². The number of ether oxygens (including phenoxy) is 4. The third-order valence-electron chi connectivity index (χ3n) is 16.2. The Labute approximate surface area is 537 Å². The van der Waals surface area contributed by atoms with Crippen LogP contribution in [0.5, 0.6) is 0 Å². The topological polar surface area (TPSA) is 237 Å². The first-order chi connectivity index (χ1) is 42.1. The van der Waals surface area contributed by atoms with E-state index in [1.807, 2.05) is 0 Å². The Kier molecular flexibility index (Phi) is 57.6. The molecule has 19 heteroatoms. The second kappa shape index (κ2) is 58.8. The Balaban J connectivity index is 5.24. The molecule has 522 valence electrons. The van der Waals surface area contributed by atoms with Crippen molar-refractivity contribution in [2.24, 2.45) is 23.7 Å². The Bertz CT molecular complexity index is 1750. The van der Waals surface area contributed by atoms with Gasteiger partial charge in [-0.2, -0.15) is 0 Å². The van der Waals surface area contributed by atoms with Crippen LogP contribution in [0.25, 0.3) is 0 Å². The first-order valence-corrected chi connectivity index (χ1v) is 38.7. The maximum absolute atomic E-state index is 13.0. The summed E-state index contributed by atoms with van der Waals surface area (Å²) in [4.78, 5) is 72.4. The average molecular weight is 1300 g/mol. The fourth-order valence-corrected chi connectivity index (χ4v) is 11.9. The molecule has 3 N–H and O–H groups in total. The van der Waals surface area contributed by atoms with E-state index < -0.39 is 97.5 Å². The highest BCUT2D eigenvalue weighted by molar-refractivity contribution is 7.47. The lowest BCUT2D eigenvalue weighted by molar-refractivity contribution is -0.161. The van der Waals surface area contributed by atoms with Crippen LogP contribution in [0.1, 0.15) is 338 Å². The molecule has 0 aliphatic carbocycles. The first kappa shape index (κ1) is 86.1. The highest BCUT2D eigenvalue weighted by Gasteiger charge is 2.30. The Morgan fingerprint density at radius 2 is 0.545 bits per heavy atom. The van der Waals surface area contributed by atoms with Gasteiger partial charge in [-0.15, -0.1) is 0 Å². The number of phosphoric acid groups is 2. The molecule has 0 heterocycles. The van der Waals surface area contributed by atoms with Crippen molar-refractivity contribution in [2.45, 2.75) is 356 Å². The van der Waals surface area contributed by atoms with Crippen LogP contribution in [0.2, 0.25) is 0 Å². The van der Waals surface area contributed by atoms with E-state index in [-0.39, 0.29) is 25.7 Å². The van der Waals surface area contributed by atoms with E-state index in [9.17, 15) is 43.2 Å². The summed E-state index contributed by atoms with van der Waals surface area (Å²) < 4.78 is 68.2. The number of aliphatic hydroxyl groups excluding tert-OH is 1. The molecule has 0 fully saturated rings. The molecule has 0 radical (unpaired) electrons. The molecule has 0 aromatic rings. The molecular weight excluding hydrogens is 1160 g/mol. The maximum atomic E-state index is 13.0. The van der Waals surface area contributed by atoms with Gasteiger partial charge < -0.3 is 33.8 Å². The van der Waals surface area contributed by atoms with Crippen molar-refractivity contribution in [3.8, 4) is 0 Å². The molecule has 0 aliphatic rings. The van der Waals surface area contributed by atoms with Crippen LogP contribution in [0.3, 0.4) is 0 Å². The summed E-state index contributed by atoms with van der Waals surface area (Å²) in [5.74, 6) is 0.812.